The molecule has 0 radical (unpaired) electrons. The fraction of sp³-hybridized carbons (Fsp3) is 0.517. The molecule has 5 rings (SSSR count). The van der Waals surface area contributed by atoms with E-state index in [4.69, 9.17) is 4.74 Å². The van der Waals surface area contributed by atoms with Crippen molar-refractivity contribution in [1.82, 2.24) is 0 Å². The van der Waals surface area contributed by atoms with E-state index in [9.17, 15) is 10.5 Å². The zero-order valence-corrected chi connectivity index (χ0v) is 19.8. The predicted molar refractivity (Wildman–Crippen MR) is 128 cm³/mol. The Morgan fingerprint density at radius 2 is 1.55 bits per heavy atom. The monoisotopic (exact) mass is 444 g/mol. The molecule has 0 N–H and O–H groups in total. The molecule has 3 saturated carbocycles. The van der Waals surface area contributed by atoms with Gasteiger partial charge in [-0.2, -0.15) is 10.5 Å². The van der Waals surface area contributed by atoms with Crippen molar-refractivity contribution in [2.24, 2.45) is 5.41 Å². The van der Waals surface area contributed by atoms with Crippen LogP contribution in [0.5, 0.6) is 5.75 Å². The summed E-state index contributed by atoms with van der Waals surface area (Å²) in [4.78, 5) is 0. The molecule has 0 amide bonds. The van der Waals surface area contributed by atoms with Crippen LogP contribution in [0.2, 0.25) is 0 Å². The fourth-order valence-corrected chi connectivity index (χ4v) is 6.15. The molecule has 3 aliphatic rings. The Bertz CT molecular complexity index is 1080. The number of nitrogens with zero attached hydrogens (tertiary/aromatic N) is 2. The van der Waals surface area contributed by atoms with Crippen molar-refractivity contribution < 1.29 is 9.13 Å². The zero-order valence-electron chi connectivity index (χ0n) is 19.8. The van der Waals surface area contributed by atoms with Crippen molar-refractivity contribution in [3.63, 3.8) is 0 Å². The molecular formula is C29H33FN2O. The third kappa shape index (κ3) is 4.24. The molecule has 3 aliphatic carbocycles. The molecule has 4 heteroatoms. The minimum absolute atomic E-state index is 0.0850. The average molecular weight is 445 g/mol. The van der Waals surface area contributed by atoms with Crippen LogP contribution in [0.3, 0.4) is 0 Å². The van der Waals surface area contributed by atoms with Gasteiger partial charge in [0.2, 0.25) is 0 Å². The van der Waals surface area contributed by atoms with Crippen LogP contribution in [-0.2, 0) is 5.41 Å². The minimum atomic E-state index is -0.321. The molecule has 2 bridgehead atoms. The second-order valence-electron chi connectivity index (χ2n) is 10.0. The largest absolute Gasteiger partial charge is 0.492 e. The lowest BCUT2D eigenvalue weighted by Crippen LogP contribution is -2.44. The second kappa shape index (κ2) is 9.56. The summed E-state index contributed by atoms with van der Waals surface area (Å²) in [5.41, 5.74) is 2.87. The summed E-state index contributed by atoms with van der Waals surface area (Å²) in [5.74, 6) is 0.0695. The molecule has 3 nitrogen and oxygen atoms in total. The molecule has 0 aliphatic heterocycles. The SMILES string of the molecule is CCCCOc1ccc(-c2ccc(C34CCC(CCC)(CC3)CC4)cc2F)c(C#N)c1C#N. The van der Waals surface area contributed by atoms with E-state index in [0.717, 1.165) is 37.7 Å². The normalized spacial score (nSPS) is 23.7. The van der Waals surface area contributed by atoms with Gasteiger partial charge >= 0.3 is 0 Å². The Labute approximate surface area is 197 Å². The van der Waals surface area contributed by atoms with Crippen molar-refractivity contribution in [3.8, 4) is 29.0 Å². The van der Waals surface area contributed by atoms with Gasteiger partial charge in [0.1, 0.15) is 29.3 Å². The summed E-state index contributed by atoms with van der Waals surface area (Å²) in [6.45, 7) is 4.82. The highest BCUT2D eigenvalue weighted by atomic mass is 19.1. The molecule has 2 aromatic rings. The van der Waals surface area contributed by atoms with Crippen molar-refractivity contribution in [2.75, 3.05) is 6.61 Å². The van der Waals surface area contributed by atoms with Crippen LogP contribution in [0.15, 0.2) is 30.3 Å². The Morgan fingerprint density at radius 3 is 2.12 bits per heavy atom. The molecule has 33 heavy (non-hydrogen) atoms. The van der Waals surface area contributed by atoms with E-state index < -0.39 is 0 Å². The summed E-state index contributed by atoms with van der Waals surface area (Å²) in [6.07, 6.45) is 11.5. The van der Waals surface area contributed by atoms with Gasteiger partial charge < -0.3 is 4.74 Å². The van der Waals surface area contributed by atoms with E-state index in [1.54, 1.807) is 24.3 Å². The Hall–Kier alpha value is -2.85. The van der Waals surface area contributed by atoms with E-state index in [0.29, 0.717) is 28.9 Å². The number of nitriles is 2. The summed E-state index contributed by atoms with van der Waals surface area (Å²) >= 11 is 0. The second-order valence-corrected chi connectivity index (χ2v) is 10.0. The first-order chi connectivity index (χ1) is 16.0. The van der Waals surface area contributed by atoms with Crippen molar-refractivity contribution >= 4 is 0 Å². The maximum absolute atomic E-state index is 15.5. The number of benzene rings is 2. The Balaban J connectivity index is 1.64. The number of rotatable bonds is 8. The van der Waals surface area contributed by atoms with Crippen LogP contribution in [0.4, 0.5) is 4.39 Å². The van der Waals surface area contributed by atoms with Crippen LogP contribution in [0.1, 0.15) is 94.7 Å². The maximum Gasteiger partial charge on any atom is 0.138 e. The quantitative estimate of drug-likeness (QED) is 0.390. The topological polar surface area (TPSA) is 56.8 Å². The van der Waals surface area contributed by atoms with Crippen LogP contribution in [0, 0.1) is 33.9 Å². The number of halogens is 1. The van der Waals surface area contributed by atoms with E-state index in [1.165, 1.54) is 32.1 Å². The van der Waals surface area contributed by atoms with Gasteiger partial charge in [-0.3, -0.25) is 0 Å². The molecule has 0 unspecified atom stereocenters. The minimum Gasteiger partial charge on any atom is -0.492 e. The number of fused-ring (bicyclic) bond motifs is 3. The summed E-state index contributed by atoms with van der Waals surface area (Å²) in [5, 5.41) is 19.5. The van der Waals surface area contributed by atoms with Gasteiger partial charge in [0.25, 0.3) is 0 Å². The van der Waals surface area contributed by atoms with E-state index in [1.807, 2.05) is 0 Å². The van der Waals surface area contributed by atoms with Gasteiger partial charge in [0.05, 0.1) is 12.2 Å². The van der Waals surface area contributed by atoms with Crippen LogP contribution < -0.4 is 4.74 Å². The molecule has 172 valence electrons. The smallest absolute Gasteiger partial charge is 0.138 e. The highest BCUT2D eigenvalue weighted by molar-refractivity contribution is 5.76. The van der Waals surface area contributed by atoms with Crippen molar-refractivity contribution in [1.29, 1.82) is 10.5 Å². The fourth-order valence-electron chi connectivity index (χ4n) is 6.15. The summed E-state index contributed by atoms with van der Waals surface area (Å²) < 4.78 is 21.2. The lowest BCUT2D eigenvalue weighted by molar-refractivity contribution is 0.0319. The van der Waals surface area contributed by atoms with Crippen LogP contribution in [0.25, 0.3) is 11.1 Å². The molecule has 0 spiro atoms. The molecule has 0 saturated heterocycles. The van der Waals surface area contributed by atoms with E-state index in [2.05, 4.69) is 32.1 Å². The first kappa shape index (κ1) is 23.3. The third-order valence-electron chi connectivity index (χ3n) is 8.20. The molecule has 0 atom stereocenters. The number of ether oxygens (including phenoxy) is 1. The number of hydrogen-bond donors (Lipinski definition) is 0. The zero-order chi connectivity index (χ0) is 23.5. The maximum atomic E-state index is 15.5. The van der Waals surface area contributed by atoms with Crippen LogP contribution >= 0.6 is 0 Å². The third-order valence-corrected chi connectivity index (χ3v) is 8.20. The van der Waals surface area contributed by atoms with Crippen LogP contribution in [-0.4, -0.2) is 6.61 Å². The Kier molecular flexibility index (Phi) is 6.76. The lowest BCUT2D eigenvalue weighted by atomic mass is 9.51. The van der Waals surface area contributed by atoms with Gasteiger partial charge in [-0.25, -0.2) is 4.39 Å². The molecule has 2 aromatic carbocycles. The van der Waals surface area contributed by atoms with Gasteiger partial charge in [-0.1, -0.05) is 38.8 Å². The lowest BCUT2D eigenvalue weighted by Gasteiger charge is -2.54. The van der Waals surface area contributed by atoms with Gasteiger partial charge in [-0.15, -0.1) is 0 Å². The standard InChI is InChI=1S/C29H33FN2O/c1-3-5-17-33-27-9-8-22(24(19-31)25(27)20-32)23-7-6-21(18-26(23)30)29-14-11-28(10-4-2,12-15-29)13-16-29/h6-9,18H,3-5,10-17H2,1-2H3. The molecule has 0 heterocycles. The number of hydrogen-bond acceptors (Lipinski definition) is 3. The first-order valence-corrected chi connectivity index (χ1v) is 12.4. The van der Waals surface area contributed by atoms with E-state index >= 15 is 4.39 Å². The highest BCUT2D eigenvalue weighted by Crippen LogP contribution is 2.59. The van der Waals surface area contributed by atoms with E-state index in [-0.39, 0.29) is 22.4 Å². The summed E-state index contributed by atoms with van der Waals surface area (Å²) in [7, 11) is 0. The average Bonchev–Trinajstić information content (AvgIpc) is 2.85. The predicted octanol–water partition coefficient (Wildman–Crippen LogP) is 7.81. The first-order valence-electron chi connectivity index (χ1n) is 12.4. The van der Waals surface area contributed by atoms with Gasteiger partial charge in [-0.05, 0) is 86.0 Å². The molecular weight excluding hydrogens is 411 g/mol. The number of unbranched alkanes of at least 4 members (excludes halogenated alkanes) is 1. The van der Waals surface area contributed by atoms with Crippen molar-refractivity contribution in [3.05, 3.63) is 52.8 Å². The highest BCUT2D eigenvalue weighted by Gasteiger charge is 2.48. The van der Waals surface area contributed by atoms with Crippen molar-refractivity contribution in [2.45, 2.75) is 83.5 Å². The molecule has 0 aromatic heterocycles. The molecule has 3 fully saturated rings. The summed E-state index contributed by atoms with van der Waals surface area (Å²) in [6, 6.07) is 13.2. The van der Waals surface area contributed by atoms with Gasteiger partial charge in [0, 0.05) is 11.1 Å². The Morgan fingerprint density at radius 1 is 0.879 bits per heavy atom. The van der Waals surface area contributed by atoms with Gasteiger partial charge in [0.15, 0.2) is 0 Å².